The summed E-state index contributed by atoms with van der Waals surface area (Å²) in [5.74, 6) is 1.35. The minimum atomic E-state index is 0.175. The molecule has 0 amide bonds. The summed E-state index contributed by atoms with van der Waals surface area (Å²) in [6.45, 7) is 1.70. The molecule has 1 heterocycles. The molecule has 168 valence electrons. The SMILES string of the molecule is COc1c(Cl)cc(OCC=C(Cl)Cl)cc1C1SSC(CCCOCc2ccccc2)S1. The van der Waals surface area contributed by atoms with Gasteiger partial charge in [-0.05, 0) is 30.5 Å². The van der Waals surface area contributed by atoms with Gasteiger partial charge in [-0.1, -0.05) is 86.7 Å². The van der Waals surface area contributed by atoms with Crippen molar-refractivity contribution >= 4 is 68.2 Å². The average Bonchev–Trinajstić information content (AvgIpc) is 3.22. The molecule has 0 aliphatic carbocycles. The van der Waals surface area contributed by atoms with Gasteiger partial charge in [-0.3, -0.25) is 0 Å². The molecule has 9 heteroatoms. The molecule has 1 aliphatic rings. The van der Waals surface area contributed by atoms with Crippen LogP contribution in [-0.2, 0) is 11.3 Å². The lowest BCUT2D eigenvalue weighted by molar-refractivity contribution is 0.118. The second-order valence-electron chi connectivity index (χ2n) is 6.60. The number of benzene rings is 2. The number of thioether (sulfide) groups is 1. The Kier molecular flexibility index (Phi) is 10.9. The summed E-state index contributed by atoms with van der Waals surface area (Å²) in [6, 6.07) is 14.0. The maximum absolute atomic E-state index is 6.45. The van der Waals surface area contributed by atoms with Crippen LogP contribution in [0.3, 0.4) is 0 Å². The van der Waals surface area contributed by atoms with Crippen molar-refractivity contribution < 1.29 is 14.2 Å². The third kappa shape index (κ3) is 8.18. The Morgan fingerprint density at radius 3 is 2.68 bits per heavy atom. The van der Waals surface area contributed by atoms with Gasteiger partial charge in [0, 0.05) is 18.2 Å². The fourth-order valence-electron chi connectivity index (χ4n) is 2.92. The van der Waals surface area contributed by atoms with Crippen LogP contribution in [0.2, 0.25) is 5.02 Å². The third-order valence-electron chi connectivity index (χ3n) is 4.36. The van der Waals surface area contributed by atoms with Gasteiger partial charge in [-0.2, -0.15) is 0 Å². The molecule has 1 fully saturated rings. The molecule has 0 N–H and O–H groups in total. The highest BCUT2D eigenvalue weighted by atomic mass is 35.5. The Balaban J connectivity index is 1.51. The van der Waals surface area contributed by atoms with Gasteiger partial charge in [-0.25, -0.2) is 0 Å². The second kappa shape index (κ2) is 13.4. The number of hydrogen-bond acceptors (Lipinski definition) is 6. The zero-order valence-corrected chi connectivity index (χ0v) is 21.6. The molecule has 0 saturated carbocycles. The van der Waals surface area contributed by atoms with Crippen molar-refractivity contribution in [1.82, 2.24) is 0 Å². The summed E-state index contributed by atoms with van der Waals surface area (Å²) >= 11 is 19.7. The van der Waals surface area contributed by atoms with Crippen LogP contribution < -0.4 is 9.47 Å². The molecule has 2 unspecified atom stereocenters. The summed E-state index contributed by atoms with van der Waals surface area (Å²) < 4.78 is 18.0. The van der Waals surface area contributed by atoms with Crippen LogP contribution in [0, 0.1) is 0 Å². The molecular formula is C22H23Cl3O3S3. The Bertz CT molecular complexity index is 864. The van der Waals surface area contributed by atoms with E-state index >= 15 is 0 Å². The van der Waals surface area contributed by atoms with Crippen molar-refractivity contribution in [3.05, 3.63) is 69.2 Å². The zero-order valence-electron chi connectivity index (χ0n) is 16.9. The van der Waals surface area contributed by atoms with E-state index in [0.717, 1.165) is 25.0 Å². The van der Waals surface area contributed by atoms with Crippen molar-refractivity contribution in [2.24, 2.45) is 0 Å². The van der Waals surface area contributed by atoms with Crippen LogP contribution >= 0.6 is 68.2 Å². The first-order valence-corrected chi connectivity index (χ1v) is 14.0. The highest BCUT2D eigenvalue weighted by Gasteiger charge is 2.31. The highest BCUT2D eigenvalue weighted by Crippen LogP contribution is 2.62. The van der Waals surface area contributed by atoms with E-state index in [4.69, 9.17) is 49.0 Å². The molecule has 2 aromatic carbocycles. The number of hydrogen-bond donors (Lipinski definition) is 0. The van der Waals surface area contributed by atoms with Crippen LogP contribution in [0.5, 0.6) is 11.5 Å². The quantitative estimate of drug-likeness (QED) is 0.211. The normalized spacial score (nSPS) is 18.1. The lowest BCUT2D eigenvalue weighted by Gasteiger charge is -2.17. The number of ether oxygens (including phenoxy) is 3. The largest absolute Gasteiger partial charge is 0.495 e. The first-order valence-electron chi connectivity index (χ1n) is 9.67. The third-order valence-corrected chi connectivity index (χ3v) is 10.6. The molecular weight excluding hydrogens is 515 g/mol. The van der Waals surface area contributed by atoms with E-state index in [1.165, 1.54) is 5.56 Å². The van der Waals surface area contributed by atoms with Crippen molar-refractivity contribution in [1.29, 1.82) is 0 Å². The minimum Gasteiger partial charge on any atom is -0.495 e. The van der Waals surface area contributed by atoms with E-state index in [-0.39, 0.29) is 15.7 Å². The molecule has 0 spiro atoms. The summed E-state index contributed by atoms with van der Waals surface area (Å²) in [6.07, 6.45) is 3.70. The van der Waals surface area contributed by atoms with Gasteiger partial charge in [0.15, 0.2) is 0 Å². The molecule has 3 rings (SSSR count). The lowest BCUT2D eigenvalue weighted by Crippen LogP contribution is -2.01. The monoisotopic (exact) mass is 536 g/mol. The smallest absolute Gasteiger partial charge is 0.142 e. The molecule has 0 bridgehead atoms. The van der Waals surface area contributed by atoms with Crippen LogP contribution in [-0.4, -0.2) is 24.9 Å². The molecule has 31 heavy (non-hydrogen) atoms. The summed E-state index contributed by atoms with van der Waals surface area (Å²) in [7, 11) is 5.36. The Labute approximate surface area is 210 Å². The van der Waals surface area contributed by atoms with Gasteiger partial charge in [0.05, 0.1) is 27.9 Å². The summed E-state index contributed by atoms with van der Waals surface area (Å²) in [4.78, 5) is 0. The van der Waals surface area contributed by atoms with Gasteiger partial charge in [0.1, 0.15) is 22.6 Å². The Morgan fingerprint density at radius 1 is 1.13 bits per heavy atom. The maximum atomic E-state index is 6.45. The van der Waals surface area contributed by atoms with Gasteiger partial charge in [-0.15, -0.1) is 11.8 Å². The van der Waals surface area contributed by atoms with E-state index < -0.39 is 0 Å². The fraction of sp³-hybridized carbons (Fsp3) is 0.364. The minimum absolute atomic E-state index is 0.175. The number of rotatable bonds is 11. The van der Waals surface area contributed by atoms with Gasteiger partial charge < -0.3 is 14.2 Å². The molecule has 1 saturated heterocycles. The summed E-state index contributed by atoms with van der Waals surface area (Å²) in [5.41, 5.74) is 2.23. The second-order valence-corrected chi connectivity index (χ2v) is 12.5. The highest BCUT2D eigenvalue weighted by molar-refractivity contribution is 8.82. The lowest BCUT2D eigenvalue weighted by atomic mass is 10.2. The summed E-state index contributed by atoms with van der Waals surface area (Å²) in [5, 5.41) is 0.528. The first kappa shape index (κ1) is 25.3. The van der Waals surface area contributed by atoms with Gasteiger partial charge >= 0.3 is 0 Å². The first-order chi connectivity index (χ1) is 15.1. The molecule has 0 radical (unpaired) electrons. The zero-order chi connectivity index (χ0) is 22.1. The van der Waals surface area contributed by atoms with E-state index in [0.29, 0.717) is 27.7 Å². The predicted octanol–water partition coefficient (Wildman–Crippen LogP) is 8.50. The Morgan fingerprint density at radius 2 is 1.94 bits per heavy atom. The molecule has 3 nitrogen and oxygen atoms in total. The molecule has 1 aliphatic heterocycles. The predicted molar refractivity (Wildman–Crippen MR) is 138 cm³/mol. The van der Waals surface area contributed by atoms with E-state index in [9.17, 15) is 0 Å². The number of methoxy groups -OCH3 is 1. The average molecular weight is 538 g/mol. The standard InChI is InChI=1S/C22H23Cl3O3S3/c1-26-21-17(12-16(13-18(21)23)28-11-9-19(24)25)22-29-20(30-31-22)8-5-10-27-14-15-6-3-2-4-7-15/h2-4,6-7,9,12-13,20,22H,5,8,10-11,14H2,1H3. The van der Waals surface area contributed by atoms with E-state index in [1.54, 1.807) is 19.3 Å². The van der Waals surface area contributed by atoms with E-state index in [1.807, 2.05) is 57.6 Å². The van der Waals surface area contributed by atoms with Crippen molar-refractivity contribution in [2.75, 3.05) is 20.3 Å². The van der Waals surface area contributed by atoms with Gasteiger partial charge in [0.2, 0.25) is 0 Å². The maximum Gasteiger partial charge on any atom is 0.142 e. The molecule has 0 aromatic heterocycles. The van der Waals surface area contributed by atoms with Crippen LogP contribution in [0.1, 0.15) is 28.6 Å². The van der Waals surface area contributed by atoms with Crippen LogP contribution in [0.25, 0.3) is 0 Å². The molecule has 2 atom stereocenters. The topological polar surface area (TPSA) is 27.7 Å². The molecule has 2 aromatic rings. The van der Waals surface area contributed by atoms with Gasteiger partial charge in [0.25, 0.3) is 0 Å². The van der Waals surface area contributed by atoms with Crippen LogP contribution in [0.4, 0.5) is 0 Å². The van der Waals surface area contributed by atoms with Crippen molar-refractivity contribution in [3.8, 4) is 11.5 Å². The fourth-order valence-corrected chi connectivity index (χ4v) is 9.22. The van der Waals surface area contributed by atoms with E-state index in [2.05, 4.69) is 12.1 Å². The van der Waals surface area contributed by atoms with Crippen LogP contribution in [0.15, 0.2) is 53.0 Å². The van der Waals surface area contributed by atoms with Crippen molar-refractivity contribution in [2.45, 2.75) is 28.6 Å². The van der Waals surface area contributed by atoms with Crippen molar-refractivity contribution in [3.63, 3.8) is 0 Å². The number of halogens is 3. The Hall–Kier alpha value is -0.340.